The van der Waals surface area contributed by atoms with E-state index in [0.29, 0.717) is 6.04 Å². The lowest BCUT2D eigenvalue weighted by Gasteiger charge is -2.21. The molecule has 3 N–H and O–H groups in total. The first kappa shape index (κ1) is 12.2. The Labute approximate surface area is 104 Å². The number of nitrogen functional groups attached to an aromatic ring is 1. The Morgan fingerprint density at radius 3 is 2.82 bits per heavy atom. The van der Waals surface area contributed by atoms with Crippen LogP contribution in [-0.4, -0.2) is 11.0 Å². The average Bonchev–Trinajstić information content (AvgIpc) is 2.65. The van der Waals surface area contributed by atoms with E-state index in [2.05, 4.69) is 24.1 Å². The SMILES string of the molecule is CCC1CCC(Nc2cc(N)c(C)cn2)C1C. The normalized spacial score (nSPS) is 28.3. The van der Waals surface area contributed by atoms with E-state index in [4.69, 9.17) is 5.73 Å². The third-order valence-electron chi connectivity index (χ3n) is 4.23. The first-order valence-electron chi connectivity index (χ1n) is 6.60. The summed E-state index contributed by atoms with van der Waals surface area (Å²) in [6.07, 6.45) is 5.70. The molecule has 0 saturated heterocycles. The second-order valence-electron chi connectivity index (χ2n) is 5.28. The summed E-state index contributed by atoms with van der Waals surface area (Å²) in [6, 6.07) is 2.50. The predicted octanol–water partition coefficient (Wildman–Crippen LogP) is 3.21. The number of pyridine rings is 1. The van der Waals surface area contributed by atoms with Crippen LogP contribution in [-0.2, 0) is 0 Å². The summed E-state index contributed by atoms with van der Waals surface area (Å²) in [5, 5.41) is 3.53. The highest BCUT2D eigenvalue weighted by Crippen LogP contribution is 2.35. The van der Waals surface area contributed by atoms with Crippen LogP contribution < -0.4 is 11.1 Å². The van der Waals surface area contributed by atoms with E-state index in [0.717, 1.165) is 28.9 Å². The predicted molar refractivity (Wildman–Crippen MR) is 73.0 cm³/mol. The van der Waals surface area contributed by atoms with Gasteiger partial charge in [-0.25, -0.2) is 4.98 Å². The highest BCUT2D eigenvalue weighted by molar-refractivity contribution is 5.53. The van der Waals surface area contributed by atoms with E-state index in [-0.39, 0.29) is 0 Å². The zero-order valence-corrected chi connectivity index (χ0v) is 11.0. The zero-order valence-electron chi connectivity index (χ0n) is 11.0. The Balaban J connectivity index is 2.04. The van der Waals surface area contributed by atoms with E-state index in [1.165, 1.54) is 19.3 Å². The molecule has 1 aliphatic carbocycles. The Hall–Kier alpha value is -1.25. The fraction of sp³-hybridized carbons (Fsp3) is 0.643. The monoisotopic (exact) mass is 233 g/mol. The molecule has 1 heterocycles. The van der Waals surface area contributed by atoms with E-state index in [1.54, 1.807) is 0 Å². The molecule has 0 aromatic carbocycles. The third kappa shape index (κ3) is 2.54. The molecule has 3 heteroatoms. The maximum atomic E-state index is 5.90. The van der Waals surface area contributed by atoms with Gasteiger partial charge in [0, 0.05) is 24.0 Å². The number of nitrogens with two attached hydrogens (primary N) is 1. The molecule has 2 rings (SSSR count). The molecule has 17 heavy (non-hydrogen) atoms. The summed E-state index contributed by atoms with van der Waals surface area (Å²) in [7, 11) is 0. The molecule has 94 valence electrons. The van der Waals surface area contributed by atoms with Gasteiger partial charge >= 0.3 is 0 Å². The van der Waals surface area contributed by atoms with Crippen molar-refractivity contribution in [2.75, 3.05) is 11.1 Å². The van der Waals surface area contributed by atoms with E-state index < -0.39 is 0 Å². The number of aromatic nitrogens is 1. The van der Waals surface area contributed by atoms with Gasteiger partial charge in [0.25, 0.3) is 0 Å². The molecule has 3 nitrogen and oxygen atoms in total. The summed E-state index contributed by atoms with van der Waals surface area (Å²) in [5.74, 6) is 2.50. The lowest BCUT2D eigenvalue weighted by molar-refractivity contribution is 0.391. The zero-order chi connectivity index (χ0) is 12.4. The third-order valence-corrected chi connectivity index (χ3v) is 4.23. The van der Waals surface area contributed by atoms with Crippen molar-refractivity contribution in [2.45, 2.75) is 46.1 Å². The minimum absolute atomic E-state index is 0.551. The first-order valence-corrected chi connectivity index (χ1v) is 6.60. The van der Waals surface area contributed by atoms with E-state index in [1.807, 2.05) is 19.2 Å². The molecule has 3 atom stereocenters. The highest BCUT2D eigenvalue weighted by Gasteiger charge is 2.31. The molecule has 1 aliphatic rings. The van der Waals surface area contributed by atoms with Gasteiger partial charge in [0.15, 0.2) is 0 Å². The van der Waals surface area contributed by atoms with Crippen LogP contribution in [0.5, 0.6) is 0 Å². The van der Waals surface area contributed by atoms with Gasteiger partial charge in [-0.3, -0.25) is 0 Å². The van der Waals surface area contributed by atoms with Crippen LogP contribution in [0, 0.1) is 18.8 Å². The largest absolute Gasteiger partial charge is 0.398 e. The average molecular weight is 233 g/mol. The molecule has 0 amide bonds. The molecular formula is C14H23N3. The minimum Gasteiger partial charge on any atom is -0.398 e. The van der Waals surface area contributed by atoms with Crippen molar-refractivity contribution < 1.29 is 0 Å². The minimum atomic E-state index is 0.551. The second kappa shape index (κ2) is 4.94. The van der Waals surface area contributed by atoms with Gasteiger partial charge < -0.3 is 11.1 Å². The number of nitrogens with zero attached hydrogens (tertiary/aromatic N) is 1. The maximum absolute atomic E-state index is 5.90. The number of hydrogen-bond acceptors (Lipinski definition) is 3. The van der Waals surface area contributed by atoms with Crippen molar-refractivity contribution in [3.05, 3.63) is 17.8 Å². The van der Waals surface area contributed by atoms with Crippen molar-refractivity contribution in [3.63, 3.8) is 0 Å². The number of aryl methyl sites for hydroxylation is 1. The van der Waals surface area contributed by atoms with Gasteiger partial charge in [0.05, 0.1) is 0 Å². The van der Waals surface area contributed by atoms with Gasteiger partial charge in [-0.2, -0.15) is 0 Å². The Morgan fingerprint density at radius 1 is 1.47 bits per heavy atom. The van der Waals surface area contributed by atoms with Crippen LogP contribution in [0.25, 0.3) is 0 Å². The van der Waals surface area contributed by atoms with Crippen molar-refractivity contribution in [2.24, 2.45) is 11.8 Å². The van der Waals surface area contributed by atoms with Crippen LogP contribution in [0.4, 0.5) is 11.5 Å². The maximum Gasteiger partial charge on any atom is 0.128 e. The fourth-order valence-electron chi connectivity index (χ4n) is 2.84. The van der Waals surface area contributed by atoms with Crippen LogP contribution >= 0.6 is 0 Å². The standard InChI is InChI=1S/C14H23N3/c1-4-11-5-6-13(10(11)3)17-14-7-12(15)9(2)8-16-14/h7-8,10-11,13H,4-6H2,1-3H3,(H3,15,16,17). The van der Waals surface area contributed by atoms with Crippen molar-refractivity contribution in [1.82, 2.24) is 4.98 Å². The van der Waals surface area contributed by atoms with Crippen LogP contribution in [0.3, 0.4) is 0 Å². The van der Waals surface area contributed by atoms with Gasteiger partial charge in [-0.05, 0) is 37.2 Å². The van der Waals surface area contributed by atoms with Gasteiger partial charge in [0.1, 0.15) is 5.82 Å². The molecule has 1 aromatic rings. The molecule has 3 unspecified atom stereocenters. The van der Waals surface area contributed by atoms with Crippen LogP contribution in [0.2, 0.25) is 0 Å². The molecule has 0 bridgehead atoms. The van der Waals surface area contributed by atoms with Gasteiger partial charge in [-0.1, -0.05) is 20.3 Å². The smallest absolute Gasteiger partial charge is 0.128 e. The second-order valence-corrected chi connectivity index (χ2v) is 5.28. The topological polar surface area (TPSA) is 50.9 Å². The Bertz CT molecular complexity index is 389. The lowest BCUT2D eigenvalue weighted by Crippen LogP contribution is -2.25. The van der Waals surface area contributed by atoms with Crippen molar-refractivity contribution in [1.29, 1.82) is 0 Å². The highest BCUT2D eigenvalue weighted by atomic mass is 15.0. The molecule has 0 spiro atoms. The number of nitrogens with one attached hydrogen (secondary N) is 1. The Morgan fingerprint density at radius 2 is 2.24 bits per heavy atom. The summed E-state index contributed by atoms with van der Waals surface area (Å²) in [4.78, 5) is 4.40. The summed E-state index contributed by atoms with van der Waals surface area (Å²) >= 11 is 0. The van der Waals surface area contributed by atoms with Crippen LogP contribution in [0.15, 0.2) is 12.3 Å². The summed E-state index contributed by atoms with van der Waals surface area (Å²) in [6.45, 7) is 6.61. The van der Waals surface area contributed by atoms with Gasteiger partial charge in [-0.15, -0.1) is 0 Å². The molecule has 0 radical (unpaired) electrons. The lowest BCUT2D eigenvalue weighted by atomic mass is 9.93. The van der Waals surface area contributed by atoms with Crippen molar-refractivity contribution >= 4 is 11.5 Å². The fourth-order valence-corrected chi connectivity index (χ4v) is 2.84. The van der Waals surface area contributed by atoms with Crippen molar-refractivity contribution in [3.8, 4) is 0 Å². The first-order chi connectivity index (χ1) is 8.11. The molecule has 1 fully saturated rings. The number of hydrogen-bond donors (Lipinski definition) is 2. The molecule has 1 saturated carbocycles. The number of rotatable bonds is 3. The summed E-state index contributed by atoms with van der Waals surface area (Å²) in [5.41, 5.74) is 7.77. The molecule has 1 aromatic heterocycles. The Kier molecular flexibility index (Phi) is 3.55. The molecule has 0 aliphatic heterocycles. The van der Waals surface area contributed by atoms with Gasteiger partial charge in [0.2, 0.25) is 0 Å². The summed E-state index contributed by atoms with van der Waals surface area (Å²) < 4.78 is 0. The number of anilines is 2. The quantitative estimate of drug-likeness (QED) is 0.843. The van der Waals surface area contributed by atoms with Crippen LogP contribution in [0.1, 0.15) is 38.7 Å². The molecular weight excluding hydrogens is 210 g/mol. The van der Waals surface area contributed by atoms with E-state index in [9.17, 15) is 0 Å². The van der Waals surface area contributed by atoms with E-state index >= 15 is 0 Å².